The molecule has 1 N–H and O–H groups in total. The minimum absolute atomic E-state index is 0.0411. The molecule has 0 saturated heterocycles. The van der Waals surface area contributed by atoms with Gasteiger partial charge in [-0.25, -0.2) is 4.79 Å². The summed E-state index contributed by atoms with van der Waals surface area (Å²) in [6.07, 6.45) is 1.90. The summed E-state index contributed by atoms with van der Waals surface area (Å²) in [4.78, 5) is 23.3. The summed E-state index contributed by atoms with van der Waals surface area (Å²) in [5, 5.41) is 8.64. The van der Waals surface area contributed by atoms with Crippen LogP contribution in [0.2, 0.25) is 0 Å². The van der Waals surface area contributed by atoms with Crippen LogP contribution in [0.1, 0.15) is 38.2 Å². The van der Waals surface area contributed by atoms with E-state index in [-0.39, 0.29) is 25.6 Å². The van der Waals surface area contributed by atoms with E-state index in [0.29, 0.717) is 12.8 Å². The number of benzene rings is 1. The summed E-state index contributed by atoms with van der Waals surface area (Å²) >= 11 is 0. The molecule has 0 saturated carbocycles. The first kappa shape index (κ1) is 18.3. The molecule has 1 rings (SSSR count). The molecule has 0 fully saturated rings. The third-order valence-corrected chi connectivity index (χ3v) is 3.16. The minimum Gasteiger partial charge on any atom is -0.459 e. The zero-order valence-corrected chi connectivity index (χ0v) is 13.0. The summed E-state index contributed by atoms with van der Waals surface area (Å²) < 4.78 is 10.4. The number of rotatable bonds is 11. The van der Waals surface area contributed by atoms with Crippen molar-refractivity contribution in [3.05, 3.63) is 35.9 Å². The highest BCUT2D eigenvalue weighted by molar-refractivity contribution is 5.80. The van der Waals surface area contributed by atoms with Crippen LogP contribution in [0.25, 0.3) is 0 Å². The number of esters is 1. The predicted octanol–water partition coefficient (Wildman–Crippen LogP) is 2.26. The van der Waals surface area contributed by atoms with E-state index < -0.39 is 12.1 Å². The van der Waals surface area contributed by atoms with E-state index in [4.69, 9.17) is 14.6 Å². The lowest BCUT2D eigenvalue weighted by Gasteiger charge is -2.12. The minimum atomic E-state index is -0.759. The topological polar surface area (TPSA) is 72.8 Å². The van der Waals surface area contributed by atoms with Gasteiger partial charge in [-0.05, 0) is 25.3 Å². The van der Waals surface area contributed by atoms with Gasteiger partial charge in [-0.1, -0.05) is 36.8 Å². The zero-order chi connectivity index (χ0) is 16.2. The third kappa shape index (κ3) is 7.90. The molecular formula is C17H24O5. The van der Waals surface area contributed by atoms with E-state index in [2.05, 4.69) is 0 Å². The Balaban J connectivity index is 2.17. The van der Waals surface area contributed by atoms with Crippen LogP contribution in [0.4, 0.5) is 0 Å². The van der Waals surface area contributed by atoms with Gasteiger partial charge in [-0.3, -0.25) is 4.79 Å². The molecule has 0 aliphatic rings. The van der Waals surface area contributed by atoms with Gasteiger partial charge in [0.25, 0.3) is 0 Å². The lowest BCUT2D eigenvalue weighted by atomic mass is 10.1. The third-order valence-electron chi connectivity index (χ3n) is 3.16. The van der Waals surface area contributed by atoms with Crippen molar-refractivity contribution in [2.45, 2.75) is 45.3 Å². The Kier molecular flexibility index (Phi) is 9.11. The first-order chi connectivity index (χ1) is 10.6. The smallest absolute Gasteiger partial charge is 0.335 e. The van der Waals surface area contributed by atoms with Crippen molar-refractivity contribution in [2.75, 3.05) is 13.2 Å². The molecule has 0 aromatic heterocycles. The predicted molar refractivity (Wildman–Crippen MR) is 82.2 cm³/mol. The largest absolute Gasteiger partial charge is 0.459 e. The van der Waals surface area contributed by atoms with Crippen molar-refractivity contribution >= 4 is 11.8 Å². The summed E-state index contributed by atoms with van der Waals surface area (Å²) in [5.74, 6) is -0.516. The standard InChI is InChI=1S/C17H24O5/c1-14(21-13-16(19)10-6-3-7-11-18)17(20)22-12-15-8-4-2-5-9-15/h2,4-5,8-9,14,18H,3,6-7,10-13H2,1H3. The van der Waals surface area contributed by atoms with Crippen LogP contribution >= 0.6 is 0 Å². The van der Waals surface area contributed by atoms with E-state index in [9.17, 15) is 9.59 Å². The Morgan fingerprint density at radius 3 is 2.55 bits per heavy atom. The van der Waals surface area contributed by atoms with Crippen molar-refractivity contribution in [3.63, 3.8) is 0 Å². The number of carbonyl (C=O) groups is 2. The Morgan fingerprint density at radius 1 is 1.14 bits per heavy atom. The molecular weight excluding hydrogens is 284 g/mol. The average Bonchev–Trinajstić information content (AvgIpc) is 2.55. The fourth-order valence-corrected chi connectivity index (χ4v) is 1.81. The van der Waals surface area contributed by atoms with E-state index in [1.165, 1.54) is 0 Å². The summed E-state index contributed by atoms with van der Waals surface area (Å²) in [7, 11) is 0. The molecule has 1 unspecified atom stereocenters. The van der Waals surface area contributed by atoms with Gasteiger partial charge >= 0.3 is 5.97 Å². The van der Waals surface area contributed by atoms with Crippen molar-refractivity contribution in [1.82, 2.24) is 0 Å². The first-order valence-electron chi connectivity index (χ1n) is 7.58. The number of Topliss-reactive ketones (excluding diaryl/α,β-unsaturated/α-hetero) is 1. The van der Waals surface area contributed by atoms with Crippen LogP contribution < -0.4 is 0 Å². The molecule has 1 aromatic rings. The Morgan fingerprint density at radius 2 is 1.86 bits per heavy atom. The van der Waals surface area contributed by atoms with Crippen molar-refractivity contribution in [2.24, 2.45) is 0 Å². The highest BCUT2D eigenvalue weighted by atomic mass is 16.6. The normalized spacial score (nSPS) is 11.9. The Labute approximate surface area is 131 Å². The van der Waals surface area contributed by atoms with Crippen molar-refractivity contribution < 1.29 is 24.2 Å². The molecule has 1 aromatic carbocycles. The summed E-state index contributed by atoms with van der Waals surface area (Å²) in [6, 6.07) is 9.38. The van der Waals surface area contributed by atoms with Crippen LogP contribution in [0.5, 0.6) is 0 Å². The second kappa shape index (κ2) is 10.9. The highest BCUT2D eigenvalue weighted by Crippen LogP contribution is 2.05. The number of carbonyl (C=O) groups excluding carboxylic acids is 2. The zero-order valence-electron chi connectivity index (χ0n) is 13.0. The van der Waals surface area contributed by atoms with E-state index in [0.717, 1.165) is 18.4 Å². The number of ether oxygens (including phenoxy) is 2. The maximum atomic E-state index is 11.7. The molecule has 5 heteroatoms. The maximum absolute atomic E-state index is 11.7. The molecule has 0 aliphatic heterocycles. The quantitative estimate of drug-likeness (QED) is 0.501. The molecule has 0 radical (unpaired) electrons. The van der Waals surface area contributed by atoms with E-state index in [1.807, 2.05) is 30.3 Å². The molecule has 1 atom stereocenters. The molecule has 0 aliphatic carbocycles. The number of unbranched alkanes of at least 4 members (excludes halogenated alkanes) is 2. The Hall–Kier alpha value is -1.72. The second-order valence-corrected chi connectivity index (χ2v) is 5.12. The first-order valence-corrected chi connectivity index (χ1v) is 7.58. The summed E-state index contributed by atoms with van der Waals surface area (Å²) in [5.41, 5.74) is 0.906. The van der Waals surface area contributed by atoms with Gasteiger partial charge in [0.1, 0.15) is 13.2 Å². The van der Waals surface area contributed by atoms with E-state index in [1.54, 1.807) is 6.92 Å². The van der Waals surface area contributed by atoms with Crippen LogP contribution in [-0.4, -0.2) is 36.2 Å². The Bertz CT molecular complexity index is 444. The molecule has 5 nitrogen and oxygen atoms in total. The SMILES string of the molecule is CC(OCC(=O)CCCCCO)C(=O)OCc1ccccc1. The molecule has 0 spiro atoms. The molecule has 0 amide bonds. The van der Waals surface area contributed by atoms with E-state index >= 15 is 0 Å². The number of aliphatic hydroxyl groups excluding tert-OH is 1. The van der Waals surface area contributed by atoms with Gasteiger partial charge in [0.05, 0.1) is 0 Å². The molecule has 0 heterocycles. The summed E-state index contributed by atoms with van der Waals surface area (Å²) in [6.45, 7) is 1.84. The van der Waals surface area contributed by atoms with Crippen LogP contribution in [0.15, 0.2) is 30.3 Å². The second-order valence-electron chi connectivity index (χ2n) is 5.12. The number of aliphatic hydroxyl groups is 1. The van der Waals surface area contributed by atoms with Gasteiger partial charge in [0.15, 0.2) is 11.9 Å². The molecule has 22 heavy (non-hydrogen) atoms. The number of ketones is 1. The van der Waals surface area contributed by atoms with Crippen LogP contribution in [0.3, 0.4) is 0 Å². The van der Waals surface area contributed by atoms with Crippen molar-refractivity contribution in [1.29, 1.82) is 0 Å². The van der Waals surface area contributed by atoms with Crippen LogP contribution in [-0.2, 0) is 25.7 Å². The highest BCUT2D eigenvalue weighted by Gasteiger charge is 2.16. The van der Waals surface area contributed by atoms with Gasteiger partial charge in [0, 0.05) is 13.0 Å². The average molecular weight is 308 g/mol. The molecule has 0 bridgehead atoms. The van der Waals surface area contributed by atoms with Crippen molar-refractivity contribution in [3.8, 4) is 0 Å². The van der Waals surface area contributed by atoms with Crippen LogP contribution in [0, 0.1) is 0 Å². The molecule has 122 valence electrons. The van der Waals surface area contributed by atoms with Gasteiger partial charge < -0.3 is 14.6 Å². The number of hydrogen-bond donors (Lipinski definition) is 1. The lowest BCUT2D eigenvalue weighted by Crippen LogP contribution is -2.26. The maximum Gasteiger partial charge on any atom is 0.335 e. The fraction of sp³-hybridized carbons (Fsp3) is 0.529. The van der Waals surface area contributed by atoms with Gasteiger partial charge in [-0.15, -0.1) is 0 Å². The number of hydrogen-bond acceptors (Lipinski definition) is 5. The van der Waals surface area contributed by atoms with Gasteiger partial charge in [-0.2, -0.15) is 0 Å². The monoisotopic (exact) mass is 308 g/mol. The fourth-order valence-electron chi connectivity index (χ4n) is 1.81. The van der Waals surface area contributed by atoms with Gasteiger partial charge in [0.2, 0.25) is 0 Å². The lowest BCUT2D eigenvalue weighted by molar-refractivity contribution is -0.158.